The fourth-order valence-corrected chi connectivity index (χ4v) is 2.56. The highest BCUT2D eigenvalue weighted by Gasteiger charge is 2.32. The molecule has 0 bridgehead atoms. The van der Waals surface area contributed by atoms with E-state index in [1.54, 1.807) is 12.1 Å². The summed E-state index contributed by atoms with van der Waals surface area (Å²) in [5, 5.41) is 10.8. The summed E-state index contributed by atoms with van der Waals surface area (Å²) in [5.41, 5.74) is 0.923. The number of benzene rings is 1. The van der Waals surface area contributed by atoms with Crippen molar-refractivity contribution < 1.29 is 9.72 Å². The van der Waals surface area contributed by atoms with E-state index in [0.717, 1.165) is 25.1 Å². The van der Waals surface area contributed by atoms with E-state index in [0.29, 0.717) is 6.29 Å². The monoisotopic (exact) mass is 248 g/mol. The zero-order valence-electron chi connectivity index (χ0n) is 10.5. The number of carbonyl (C=O) groups excluding carboxylic acids is 1. The minimum absolute atomic E-state index is 0.0380. The molecule has 1 aromatic carbocycles. The van der Waals surface area contributed by atoms with Crippen LogP contribution in [0.15, 0.2) is 18.2 Å². The number of nitro benzene ring substituents is 1. The number of carbonyl (C=O) groups is 1. The molecule has 0 aliphatic carbocycles. The molecule has 0 atom stereocenters. The van der Waals surface area contributed by atoms with Gasteiger partial charge in [-0.3, -0.25) is 14.9 Å². The summed E-state index contributed by atoms with van der Waals surface area (Å²) in [7, 11) is 0. The Balaban J connectivity index is 2.42. The molecule has 0 unspecified atom stereocenters. The first kappa shape index (κ1) is 12.5. The fourth-order valence-electron chi connectivity index (χ4n) is 2.56. The van der Waals surface area contributed by atoms with Gasteiger partial charge in [0.15, 0.2) is 6.29 Å². The number of nitrogens with zero attached hydrogens (tertiary/aromatic N) is 2. The molecule has 1 fully saturated rings. The van der Waals surface area contributed by atoms with Gasteiger partial charge >= 0.3 is 0 Å². The number of nitro groups is 1. The molecule has 2 rings (SSSR count). The Hall–Kier alpha value is -1.91. The summed E-state index contributed by atoms with van der Waals surface area (Å²) in [6.07, 6.45) is 2.73. The second-order valence-corrected chi connectivity index (χ2v) is 5.19. The standard InChI is InChI=1S/C13H16N2O3/c1-13(2)6-3-7-14(13)11-4-5-12(15(17)18)10(8-11)9-16/h4-5,8-9H,3,6-7H2,1-2H3. The van der Waals surface area contributed by atoms with Crippen LogP contribution in [0.3, 0.4) is 0 Å². The van der Waals surface area contributed by atoms with Gasteiger partial charge in [0.1, 0.15) is 0 Å². The van der Waals surface area contributed by atoms with Crippen LogP contribution in [0.2, 0.25) is 0 Å². The van der Waals surface area contributed by atoms with Gasteiger partial charge < -0.3 is 4.90 Å². The molecule has 0 amide bonds. The second-order valence-electron chi connectivity index (χ2n) is 5.19. The van der Waals surface area contributed by atoms with Gasteiger partial charge in [-0.05, 0) is 38.8 Å². The third-order valence-electron chi connectivity index (χ3n) is 3.55. The van der Waals surface area contributed by atoms with Crippen LogP contribution in [0, 0.1) is 10.1 Å². The van der Waals surface area contributed by atoms with Crippen molar-refractivity contribution in [3.63, 3.8) is 0 Å². The summed E-state index contributed by atoms with van der Waals surface area (Å²) in [4.78, 5) is 23.4. The molecular weight excluding hydrogens is 232 g/mol. The predicted octanol–water partition coefficient (Wildman–Crippen LogP) is 2.79. The summed E-state index contributed by atoms with van der Waals surface area (Å²) in [6.45, 7) is 5.20. The zero-order chi connectivity index (χ0) is 13.3. The lowest BCUT2D eigenvalue weighted by Crippen LogP contribution is -2.38. The minimum atomic E-state index is -0.525. The fraction of sp³-hybridized carbons (Fsp3) is 0.462. The third kappa shape index (κ3) is 2.08. The normalized spacial score (nSPS) is 17.8. The van der Waals surface area contributed by atoms with Gasteiger partial charge in [-0.15, -0.1) is 0 Å². The van der Waals surface area contributed by atoms with E-state index in [4.69, 9.17) is 0 Å². The molecule has 5 heteroatoms. The van der Waals surface area contributed by atoms with Crippen LogP contribution in [0.4, 0.5) is 11.4 Å². The van der Waals surface area contributed by atoms with Gasteiger partial charge in [-0.1, -0.05) is 0 Å². The molecule has 96 valence electrons. The highest BCUT2D eigenvalue weighted by atomic mass is 16.6. The van der Waals surface area contributed by atoms with Gasteiger partial charge in [0, 0.05) is 23.8 Å². The second kappa shape index (κ2) is 4.40. The van der Waals surface area contributed by atoms with E-state index in [1.807, 2.05) is 0 Å². The van der Waals surface area contributed by atoms with Gasteiger partial charge in [0.25, 0.3) is 5.69 Å². The summed E-state index contributed by atoms with van der Waals surface area (Å²) in [5.74, 6) is 0. The lowest BCUT2D eigenvalue weighted by atomic mass is 10.0. The van der Waals surface area contributed by atoms with Crippen molar-refractivity contribution in [1.29, 1.82) is 0 Å². The Morgan fingerprint density at radius 2 is 2.17 bits per heavy atom. The lowest BCUT2D eigenvalue weighted by molar-refractivity contribution is -0.385. The molecule has 1 aliphatic heterocycles. The Bertz CT molecular complexity index is 497. The first-order valence-corrected chi connectivity index (χ1v) is 5.97. The average Bonchev–Trinajstić information content (AvgIpc) is 2.68. The summed E-state index contributed by atoms with van der Waals surface area (Å²) < 4.78 is 0. The molecular formula is C13H16N2O3. The van der Waals surface area contributed by atoms with Gasteiger partial charge in [-0.2, -0.15) is 0 Å². The van der Waals surface area contributed by atoms with Crippen LogP contribution >= 0.6 is 0 Å². The van der Waals surface area contributed by atoms with Crippen LogP contribution in [-0.2, 0) is 0 Å². The van der Waals surface area contributed by atoms with Crippen molar-refractivity contribution in [2.24, 2.45) is 0 Å². The van der Waals surface area contributed by atoms with Gasteiger partial charge in [-0.25, -0.2) is 0 Å². The van der Waals surface area contributed by atoms with Crippen molar-refractivity contribution in [1.82, 2.24) is 0 Å². The van der Waals surface area contributed by atoms with Crippen molar-refractivity contribution in [3.8, 4) is 0 Å². The van der Waals surface area contributed by atoms with Crippen LogP contribution in [0.5, 0.6) is 0 Å². The Morgan fingerprint density at radius 3 is 2.67 bits per heavy atom. The maximum atomic E-state index is 10.9. The molecule has 18 heavy (non-hydrogen) atoms. The maximum Gasteiger partial charge on any atom is 0.280 e. The van der Waals surface area contributed by atoms with E-state index in [-0.39, 0.29) is 16.8 Å². The lowest BCUT2D eigenvalue weighted by Gasteiger charge is -2.33. The Labute approximate surface area is 106 Å². The molecule has 1 aliphatic rings. The first-order valence-electron chi connectivity index (χ1n) is 5.97. The Morgan fingerprint density at radius 1 is 1.44 bits per heavy atom. The number of anilines is 1. The van der Waals surface area contributed by atoms with Crippen molar-refractivity contribution in [3.05, 3.63) is 33.9 Å². The molecule has 0 N–H and O–H groups in total. The molecule has 0 spiro atoms. The van der Waals surface area contributed by atoms with Crippen LogP contribution in [-0.4, -0.2) is 23.3 Å². The number of hydrogen-bond acceptors (Lipinski definition) is 4. The predicted molar refractivity (Wildman–Crippen MR) is 69.1 cm³/mol. The molecule has 0 saturated carbocycles. The summed E-state index contributed by atoms with van der Waals surface area (Å²) in [6, 6.07) is 4.74. The van der Waals surface area contributed by atoms with E-state index >= 15 is 0 Å². The number of rotatable bonds is 3. The Kier molecular flexibility index (Phi) is 3.07. The molecule has 1 heterocycles. The molecule has 1 saturated heterocycles. The smallest absolute Gasteiger partial charge is 0.280 e. The van der Waals surface area contributed by atoms with E-state index < -0.39 is 4.92 Å². The molecule has 1 aromatic rings. The summed E-state index contributed by atoms with van der Waals surface area (Å²) >= 11 is 0. The zero-order valence-corrected chi connectivity index (χ0v) is 10.5. The average molecular weight is 248 g/mol. The largest absolute Gasteiger partial charge is 0.366 e. The van der Waals surface area contributed by atoms with E-state index in [1.165, 1.54) is 6.07 Å². The van der Waals surface area contributed by atoms with Crippen LogP contribution in [0.25, 0.3) is 0 Å². The van der Waals surface area contributed by atoms with Crippen molar-refractivity contribution in [2.45, 2.75) is 32.2 Å². The highest BCUT2D eigenvalue weighted by molar-refractivity contribution is 5.83. The SMILES string of the molecule is CC1(C)CCCN1c1ccc([N+](=O)[O-])c(C=O)c1. The van der Waals surface area contributed by atoms with Gasteiger partial charge in [0.2, 0.25) is 0 Å². The molecule has 0 aromatic heterocycles. The first-order chi connectivity index (χ1) is 8.45. The number of hydrogen-bond donors (Lipinski definition) is 0. The minimum Gasteiger partial charge on any atom is -0.366 e. The van der Waals surface area contributed by atoms with Crippen molar-refractivity contribution in [2.75, 3.05) is 11.4 Å². The molecule has 5 nitrogen and oxygen atoms in total. The van der Waals surface area contributed by atoms with Crippen LogP contribution < -0.4 is 4.90 Å². The highest BCUT2D eigenvalue weighted by Crippen LogP contribution is 2.35. The molecule has 0 radical (unpaired) electrons. The van der Waals surface area contributed by atoms with Crippen LogP contribution in [0.1, 0.15) is 37.0 Å². The quantitative estimate of drug-likeness (QED) is 0.468. The maximum absolute atomic E-state index is 10.9. The van der Waals surface area contributed by atoms with Crippen molar-refractivity contribution >= 4 is 17.7 Å². The van der Waals surface area contributed by atoms with Gasteiger partial charge in [0.05, 0.1) is 10.5 Å². The third-order valence-corrected chi connectivity index (χ3v) is 3.55. The van der Waals surface area contributed by atoms with E-state index in [9.17, 15) is 14.9 Å². The number of aldehydes is 1. The van der Waals surface area contributed by atoms with E-state index in [2.05, 4.69) is 18.7 Å². The topological polar surface area (TPSA) is 63.4 Å².